The molecule has 1 unspecified atom stereocenters. The molecule has 0 aromatic rings. The van der Waals surface area contributed by atoms with Crippen LogP contribution >= 0.6 is 0 Å². The Labute approximate surface area is 113 Å². The molecule has 0 aliphatic carbocycles. The number of carboxylic acid groups (broad SMARTS) is 1. The molecule has 6 nitrogen and oxygen atoms in total. The first-order chi connectivity index (χ1) is 8.99. The highest BCUT2D eigenvalue weighted by atomic mass is 16.4. The summed E-state index contributed by atoms with van der Waals surface area (Å²) in [5.74, 6) is -1.21. The van der Waals surface area contributed by atoms with E-state index in [1.165, 1.54) is 6.42 Å². The monoisotopic (exact) mass is 269 g/mol. The number of amides is 2. The fourth-order valence-corrected chi connectivity index (χ4v) is 3.01. The van der Waals surface area contributed by atoms with E-state index in [1.54, 1.807) is 4.90 Å². The summed E-state index contributed by atoms with van der Waals surface area (Å²) >= 11 is 0. The van der Waals surface area contributed by atoms with E-state index in [-0.39, 0.29) is 11.9 Å². The van der Waals surface area contributed by atoms with Gasteiger partial charge in [-0.2, -0.15) is 0 Å². The highest BCUT2D eigenvalue weighted by Crippen LogP contribution is 2.23. The maximum absolute atomic E-state index is 12.0. The smallest absolute Gasteiger partial charge is 0.317 e. The Kier molecular flexibility index (Phi) is 4.29. The number of carbonyl (C=O) groups excluding carboxylic acids is 1. The van der Waals surface area contributed by atoms with Gasteiger partial charge in [-0.05, 0) is 32.4 Å². The number of carbonyl (C=O) groups is 2. The zero-order chi connectivity index (χ0) is 14.0. The third-order valence-corrected chi connectivity index (χ3v) is 4.38. The van der Waals surface area contributed by atoms with Crippen molar-refractivity contribution in [2.75, 3.05) is 33.2 Å². The van der Waals surface area contributed by atoms with Gasteiger partial charge in [-0.3, -0.25) is 4.79 Å². The molecule has 2 N–H and O–H groups in total. The van der Waals surface area contributed by atoms with Crippen LogP contribution in [-0.2, 0) is 4.79 Å². The quantitative estimate of drug-likeness (QED) is 0.780. The van der Waals surface area contributed by atoms with Gasteiger partial charge < -0.3 is 20.2 Å². The van der Waals surface area contributed by atoms with Crippen molar-refractivity contribution in [2.24, 2.45) is 11.8 Å². The first-order valence-electron chi connectivity index (χ1n) is 6.95. The zero-order valence-corrected chi connectivity index (χ0v) is 11.6. The minimum Gasteiger partial charge on any atom is -0.481 e. The highest BCUT2D eigenvalue weighted by molar-refractivity contribution is 5.77. The van der Waals surface area contributed by atoms with Crippen LogP contribution in [0.3, 0.4) is 0 Å². The second-order valence-corrected chi connectivity index (χ2v) is 5.79. The summed E-state index contributed by atoms with van der Waals surface area (Å²) in [7, 11) is 2.07. The number of carboxylic acids is 1. The molecule has 108 valence electrons. The number of likely N-dealkylation sites (tertiary alicyclic amines) is 2. The average molecular weight is 269 g/mol. The lowest BCUT2D eigenvalue weighted by molar-refractivity contribution is -0.142. The van der Waals surface area contributed by atoms with E-state index in [2.05, 4.69) is 17.3 Å². The van der Waals surface area contributed by atoms with E-state index in [4.69, 9.17) is 5.11 Å². The van der Waals surface area contributed by atoms with E-state index in [9.17, 15) is 9.59 Å². The number of nitrogens with one attached hydrogen (secondary N) is 1. The average Bonchev–Trinajstić information content (AvgIpc) is 2.92. The normalized spacial score (nSPS) is 31.7. The van der Waals surface area contributed by atoms with Crippen LogP contribution in [0, 0.1) is 11.8 Å². The van der Waals surface area contributed by atoms with Gasteiger partial charge in [-0.15, -0.1) is 0 Å². The van der Waals surface area contributed by atoms with Crippen molar-refractivity contribution in [3.63, 3.8) is 0 Å². The van der Waals surface area contributed by atoms with Crippen LogP contribution in [0.15, 0.2) is 0 Å². The topological polar surface area (TPSA) is 72.9 Å². The molecule has 0 aromatic heterocycles. The first-order valence-corrected chi connectivity index (χ1v) is 6.95. The van der Waals surface area contributed by atoms with Gasteiger partial charge >= 0.3 is 12.0 Å². The van der Waals surface area contributed by atoms with Crippen LogP contribution in [0.1, 0.15) is 19.8 Å². The van der Waals surface area contributed by atoms with Gasteiger partial charge in [0.05, 0.1) is 5.92 Å². The largest absolute Gasteiger partial charge is 0.481 e. The van der Waals surface area contributed by atoms with Crippen molar-refractivity contribution in [1.82, 2.24) is 15.1 Å². The lowest BCUT2D eigenvalue weighted by Crippen LogP contribution is -2.44. The molecule has 0 bridgehead atoms. The van der Waals surface area contributed by atoms with Crippen molar-refractivity contribution < 1.29 is 14.7 Å². The molecule has 2 amide bonds. The second-order valence-electron chi connectivity index (χ2n) is 5.79. The number of nitrogens with zero attached hydrogens (tertiary/aromatic N) is 2. The molecule has 2 rings (SSSR count). The van der Waals surface area contributed by atoms with E-state index < -0.39 is 11.9 Å². The predicted octanol–water partition coefficient (Wildman–Crippen LogP) is 0.443. The Morgan fingerprint density at radius 1 is 1.37 bits per heavy atom. The highest BCUT2D eigenvalue weighted by Gasteiger charge is 2.37. The van der Waals surface area contributed by atoms with Crippen molar-refractivity contribution in [3.05, 3.63) is 0 Å². The van der Waals surface area contributed by atoms with Crippen molar-refractivity contribution >= 4 is 12.0 Å². The first kappa shape index (κ1) is 14.1. The van der Waals surface area contributed by atoms with Crippen LogP contribution in [0.5, 0.6) is 0 Å². The van der Waals surface area contributed by atoms with Crippen LogP contribution in [0.25, 0.3) is 0 Å². The number of hydrogen-bond donors (Lipinski definition) is 2. The summed E-state index contributed by atoms with van der Waals surface area (Å²) in [5.41, 5.74) is 0. The van der Waals surface area contributed by atoms with Gasteiger partial charge in [-0.25, -0.2) is 4.79 Å². The molecule has 0 saturated carbocycles. The summed E-state index contributed by atoms with van der Waals surface area (Å²) in [4.78, 5) is 26.9. The molecule has 0 spiro atoms. The summed E-state index contributed by atoms with van der Waals surface area (Å²) in [6.07, 6.45) is 2.30. The van der Waals surface area contributed by atoms with Crippen LogP contribution in [-0.4, -0.2) is 66.2 Å². The van der Waals surface area contributed by atoms with Crippen LogP contribution < -0.4 is 5.32 Å². The predicted molar refractivity (Wildman–Crippen MR) is 70.9 cm³/mol. The molecule has 0 radical (unpaired) electrons. The molecule has 2 aliphatic rings. The number of likely N-dealkylation sites (N-methyl/N-ethyl adjacent to an activating group) is 1. The number of urea groups is 1. The van der Waals surface area contributed by atoms with E-state index in [0.717, 1.165) is 13.0 Å². The fraction of sp³-hybridized carbons (Fsp3) is 0.846. The molecule has 19 heavy (non-hydrogen) atoms. The van der Waals surface area contributed by atoms with E-state index in [1.807, 2.05) is 6.92 Å². The number of hydrogen-bond acceptors (Lipinski definition) is 3. The molecule has 2 aliphatic heterocycles. The third kappa shape index (κ3) is 3.18. The van der Waals surface area contributed by atoms with Gasteiger partial charge in [-0.1, -0.05) is 6.92 Å². The Hall–Kier alpha value is -1.30. The second kappa shape index (κ2) is 5.77. The molecule has 6 heteroatoms. The Morgan fingerprint density at radius 3 is 2.63 bits per heavy atom. The maximum Gasteiger partial charge on any atom is 0.317 e. The zero-order valence-electron chi connectivity index (χ0n) is 11.6. The molecule has 0 aromatic carbocycles. The summed E-state index contributed by atoms with van der Waals surface area (Å²) in [5, 5.41) is 12.0. The third-order valence-electron chi connectivity index (χ3n) is 4.38. The minimum atomic E-state index is -0.807. The van der Waals surface area contributed by atoms with Gasteiger partial charge in [0, 0.05) is 25.7 Å². The maximum atomic E-state index is 12.0. The van der Waals surface area contributed by atoms with Crippen molar-refractivity contribution in [1.29, 1.82) is 0 Å². The van der Waals surface area contributed by atoms with E-state index >= 15 is 0 Å². The van der Waals surface area contributed by atoms with Gasteiger partial charge in [0.15, 0.2) is 0 Å². The summed E-state index contributed by atoms with van der Waals surface area (Å²) in [6, 6.07) is 0.287. The van der Waals surface area contributed by atoms with Gasteiger partial charge in [0.25, 0.3) is 0 Å². The summed E-state index contributed by atoms with van der Waals surface area (Å²) in [6.45, 7) is 4.48. The molecular formula is C13H23N3O3. The van der Waals surface area contributed by atoms with Gasteiger partial charge in [0.2, 0.25) is 0 Å². The van der Waals surface area contributed by atoms with Gasteiger partial charge in [0.1, 0.15) is 0 Å². The fourth-order valence-electron chi connectivity index (χ4n) is 3.01. The lowest BCUT2D eigenvalue weighted by Gasteiger charge is -2.22. The SMILES string of the molecule is C[C@@H]1CN(C(=O)NCC2CCCN2C)C[C@H]1C(=O)O. The Balaban J connectivity index is 1.79. The van der Waals surface area contributed by atoms with E-state index in [0.29, 0.717) is 25.7 Å². The minimum absolute atomic E-state index is 0.0254. The van der Waals surface area contributed by atoms with Crippen LogP contribution in [0.2, 0.25) is 0 Å². The van der Waals surface area contributed by atoms with Crippen molar-refractivity contribution in [3.8, 4) is 0 Å². The Bertz CT molecular complexity index is 361. The molecule has 2 heterocycles. The Morgan fingerprint density at radius 2 is 2.11 bits per heavy atom. The molecule has 2 fully saturated rings. The summed E-state index contributed by atoms with van der Waals surface area (Å²) < 4.78 is 0. The molecule has 3 atom stereocenters. The standard InChI is InChI=1S/C13H23N3O3/c1-9-7-16(8-11(9)12(17)18)13(19)14-6-10-4-3-5-15(10)2/h9-11H,3-8H2,1-2H3,(H,14,19)(H,17,18)/t9-,10?,11-/m1/s1. The number of aliphatic carboxylic acids is 1. The lowest BCUT2D eigenvalue weighted by atomic mass is 9.99. The van der Waals surface area contributed by atoms with Crippen molar-refractivity contribution in [2.45, 2.75) is 25.8 Å². The molecular weight excluding hydrogens is 246 g/mol. The number of rotatable bonds is 3. The van der Waals surface area contributed by atoms with Crippen LogP contribution in [0.4, 0.5) is 4.79 Å². The molecule has 2 saturated heterocycles.